The summed E-state index contributed by atoms with van der Waals surface area (Å²) in [7, 11) is 0. The number of benzene rings is 1. The molecule has 2 rings (SSSR count). The first-order chi connectivity index (χ1) is 7.62. The molecule has 0 atom stereocenters. The maximum atomic E-state index is 12.9. The molecule has 2 nitrogen and oxygen atoms in total. The number of halogens is 1. The minimum atomic E-state index is -0.264. The van der Waals surface area contributed by atoms with Gasteiger partial charge < -0.3 is 5.32 Å². The van der Waals surface area contributed by atoms with Gasteiger partial charge in [0.15, 0.2) is 0 Å². The lowest BCUT2D eigenvalue weighted by atomic mass is 9.88. The highest BCUT2D eigenvalue weighted by molar-refractivity contribution is 5.74. The van der Waals surface area contributed by atoms with Gasteiger partial charge in [0.2, 0.25) is 5.91 Å². The van der Waals surface area contributed by atoms with Crippen molar-refractivity contribution in [2.75, 3.05) is 0 Å². The molecule has 1 saturated carbocycles. The van der Waals surface area contributed by atoms with Gasteiger partial charge in [-0.3, -0.25) is 4.79 Å². The van der Waals surface area contributed by atoms with Crippen molar-refractivity contribution in [2.45, 2.75) is 38.1 Å². The number of hydrogen-bond donors (Lipinski definition) is 1. The molecule has 0 heterocycles. The monoisotopic (exact) mass is 221 g/mol. The Morgan fingerprint density at radius 1 is 1.25 bits per heavy atom. The van der Waals surface area contributed by atoms with Crippen molar-refractivity contribution in [2.24, 2.45) is 0 Å². The summed E-state index contributed by atoms with van der Waals surface area (Å²) in [6.07, 6.45) is 4.10. The minimum Gasteiger partial charge on any atom is -0.347 e. The Bertz CT molecular complexity index is 379. The maximum Gasteiger partial charge on any atom is 0.217 e. The van der Waals surface area contributed by atoms with Gasteiger partial charge in [-0.1, -0.05) is 25.0 Å². The van der Waals surface area contributed by atoms with Crippen molar-refractivity contribution in [3.05, 3.63) is 35.6 Å². The van der Waals surface area contributed by atoms with E-state index < -0.39 is 0 Å². The van der Waals surface area contributed by atoms with Gasteiger partial charge in [-0.05, 0) is 30.5 Å². The van der Waals surface area contributed by atoms with Crippen LogP contribution in [0.5, 0.6) is 0 Å². The summed E-state index contributed by atoms with van der Waals surface area (Å²) in [6.45, 7) is 1.53. The lowest BCUT2D eigenvalue weighted by Gasteiger charge is -2.30. The predicted octanol–water partition coefficient (Wildman–Crippen LogP) is 2.73. The van der Waals surface area contributed by atoms with E-state index in [2.05, 4.69) is 5.32 Å². The lowest BCUT2D eigenvalue weighted by Crippen LogP contribution is -2.42. The summed E-state index contributed by atoms with van der Waals surface area (Å²) < 4.78 is 12.9. The third kappa shape index (κ3) is 2.08. The van der Waals surface area contributed by atoms with Gasteiger partial charge in [-0.2, -0.15) is 0 Å². The number of hydrogen-bond acceptors (Lipinski definition) is 1. The Kier molecular flexibility index (Phi) is 2.95. The van der Waals surface area contributed by atoms with Crippen molar-refractivity contribution >= 4 is 5.91 Å². The van der Waals surface area contributed by atoms with Crippen LogP contribution in [0.2, 0.25) is 0 Å². The van der Waals surface area contributed by atoms with E-state index in [1.807, 2.05) is 0 Å². The van der Waals surface area contributed by atoms with E-state index in [4.69, 9.17) is 0 Å². The van der Waals surface area contributed by atoms with E-state index in [1.54, 1.807) is 12.1 Å². The van der Waals surface area contributed by atoms with E-state index in [0.29, 0.717) is 0 Å². The van der Waals surface area contributed by atoms with Gasteiger partial charge in [0.25, 0.3) is 0 Å². The number of amides is 1. The topological polar surface area (TPSA) is 29.1 Å². The van der Waals surface area contributed by atoms with Crippen molar-refractivity contribution in [1.82, 2.24) is 5.32 Å². The lowest BCUT2D eigenvalue weighted by molar-refractivity contribution is -0.121. The van der Waals surface area contributed by atoms with Crippen LogP contribution < -0.4 is 5.32 Å². The maximum absolute atomic E-state index is 12.9. The largest absolute Gasteiger partial charge is 0.347 e. The molecular weight excluding hydrogens is 205 g/mol. The highest BCUT2D eigenvalue weighted by Gasteiger charge is 2.36. The summed E-state index contributed by atoms with van der Waals surface area (Å²) in [4.78, 5) is 11.3. The predicted molar refractivity (Wildman–Crippen MR) is 60.4 cm³/mol. The minimum absolute atomic E-state index is 0.0220. The first-order valence-corrected chi connectivity index (χ1v) is 5.67. The van der Waals surface area contributed by atoms with Crippen LogP contribution in [-0.4, -0.2) is 5.91 Å². The molecule has 1 aromatic carbocycles. The van der Waals surface area contributed by atoms with Gasteiger partial charge in [-0.15, -0.1) is 0 Å². The molecule has 16 heavy (non-hydrogen) atoms. The van der Waals surface area contributed by atoms with E-state index >= 15 is 0 Å². The summed E-state index contributed by atoms with van der Waals surface area (Å²) in [6, 6.07) is 6.46. The Morgan fingerprint density at radius 3 is 2.31 bits per heavy atom. The fourth-order valence-electron chi connectivity index (χ4n) is 2.57. The van der Waals surface area contributed by atoms with Crippen LogP contribution in [0.15, 0.2) is 24.3 Å². The van der Waals surface area contributed by atoms with Crippen LogP contribution in [-0.2, 0) is 10.3 Å². The quantitative estimate of drug-likeness (QED) is 0.817. The normalized spacial score (nSPS) is 18.4. The van der Waals surface area contributed by atoms with Crippen molar-refractivity contribution in [3.63, 3.8) is 0 Å². The second-order valence-corrected chi connectivity index (χ2v) is 4.48. The highest BCUT2D eigenvalue weighted by atomic mass is 19.1. The average molecular weight is 221 g/mol. The molecule has 1 aliphatic carbocycles. The number of carbonyl (C=O) groups excluding carboxylic acids is 1. The van der Waals surface area contributed by atoms with Gasteiger partial charge in [0.05, 0.1) is 5.54 Å². The van der Waals surface area contributed by atoms with E-state index in [0.717, 1.165) is 31.2 Å². The van der Waals surface area contributed by atoms with E-state index in [9.17, 15) is 9.18 Å². The molecule has 1 N–H and O–H groups in total. The van der Waals surface area contributed by atoms with Crippen LogP contribution in [0, 0.1) is 5.82 Å². The molecule has 0 aromatic heterocycles. The third-order valence-corrected chi connectivity index (χ3v) is 3.27. The fraction of sp³-hybridized carbons (Fsp3) is 0.462. The molecule has 0 saturated heterocycles. The summed E-state index contributed by atoms with van der Waals surface area (Å²) in [5.41, 5.74) is 0.751. The number of rotatable bonds is 2. The summed E-state index contributed by atoms with van der Waals surface area (Å²) in [5.74, 6) is -0.258. The van der Waals surface area contributed by atoms with Crippen LogP contribution in [0.1, 0.15) is 38.2 Å². The highest BCUT2D eigenvalue weighted by Crippen LogP contribution is 2.38. The first kappa shape index (κ1) is 11.1. The fourth-order valence-corrected chi connectivity index (χ4v) is 2.57. The van der Waals surface area contributed by atoms with Crippen molar-refractivity contribution in [1.29, 1.82) is 0 Å². The zero-order valence-corrected chi connectivity index (χ0v) is 9.42. The van der Waals surface area contributed by atoms with Crippen molar-refractivity contribution < 1.29 is 9.18 Å². The molecule has 0 radical (unpaired) electrons. The summed E-state index contributed by atoms with van der Waals surface area (Å²) >= 11 is 0. The average Bonchev–Trinajstić information content (AvgIpc) is 2.67. The standard InChI is InChI=1S/C13H16FNO/c1-10(16)15-13(8-2-3-9-13)11-4-6-12(14)7-5-11/h4-7H,2-3,8-9H2,1H3,(H,15,16). The van der Waals surface area contributed by atoms with Crippen LogP contribution in [0.25, 0.3) is 0 Å². The summed E-state index contributed by atoms with van der Waals surface area (Å²) in [5, 5.41) is 3.03. The van der Waals surface area contributed by atoms with Gasteiger partial charge >= 0.3 is 0 Å². The molecule has 86 valence electrons. The Labute approximate surface area is 94.9 Å². The Balaban J connectivity index is 2.31. The number of nitrogens with one attached hydrogen (secondary N) is 1. The number of carbonyl (C=O) groups is 1. The molecule has 0 aliphatic heterocycles. The third-order valence-electron chi connectivity index (χ3n) is 3.27. The van der Waals surface area contributed by atoms with E-state index in [-0.39, 0.29) is 17.3 Å². The molecule has 3 heteroatoms. The van der Waals surface area contributed by atoms with Crippen LogP contribution in [0.4, 0.5) is 4.39 Å². The molecule has 1 aliphatic rings. The second kappa shape index (κ2) is 4.24. The zero-order valence-electron chi connectivity index (χ0n) is 9.42. The van der Waals surface area contributed by atoms with Crippen LogP contribution in [0.3, 0.4) is 0 Å². The molecule has 0 unspecified atom stereocenters. The Hall–Kier alpha value is -1.38. The molecule has 0 spiro atoms. The van der Waals surface area contributed by atoms with Gasteiger partial charge in [0, 0.05) is 6.92 Å². The molecule has 0 bridgehead atoms. The second-order valence-electron chi connectivity index (χ2n) is 4.48. The molecular formula is C13H16FNO. The van der Waals surface area contributed by atoms with Crippen molar-refractivity contribution in [3.8, 4) is 0 Å². The van der Waals surface area contributed by atoms with E-state index in [1.165, 1.54) is 19.1 Å². The molecule has 1 fully saturated rings. The SMILES string of the molecule is CC(=O)NC1(c2ccc(F)cc2)CCCC1. The zero-order chi connectivity index (χ0) is 11.6. The van der Waals surface area contributed by atoms with Gasteiger partial charge in [-0.25, -0.2) is 4.39 Å². The van der Waals surface area contributed by atoms with Crippen LogP contribution >= 0.6 is 0 Å². The molecule has 1 aromatic rings. The van der Waals surface area contributed by atoms with Gasteiger partial charge in [0.1, 0.15) is 5.82 Å². The molecule has 1 amide bonds. The first-order valence-electron chi connectivity index (χ1n) is 5.67. The smallest absolute Gasteiger partial charge is 0.217 e. The Morgan fingerprint density at radius 2 is 1.81 bits per heavy atom.